The summed E-state index contributed by atoms with van der Waals surface area (Å²) in [5, 5.41) is 17.7. The van der Waals surface area contributed by atoms with Gasteiger partial charge in [0.2, 0.25) is 0 Å². The highest BCUT2D eigenvalue weighted by Gasteiger charge is 2.41. The van der Waals surface area contributed by atoms with Crippen molar-refractivity contribution in [1.29, 1.82) is 0 Å². The van der Waals surface area contributed by atoms with Crippen molar-refractivity contribution in [2.45, 2.75) is 32.5 Å². The number of benzene rings is 2. The molecule has 0 unspecified atom stereocenters. The smallest absolute Gasteiger partial charge is 0.190 e. The predicted molar refractivity (Wildman–Crippen MR) is 94.5 cm³/mol. The summed E-state index contributed by atoms with van der Waals surface area (Å²) in [6, 6.07) is 13.1. The average molecular weight is 343 g/mol. The number of rotatable bonds is 2. The number of halogens is 1. The van der Waals surface area contributed by atoms with Gasteiger partial charge < -0.3 is 9.84 Å². The van der Waals surface area contributed by atoms with Crippen molar-refractivity contribution in [2.75, 3.05) is 0 Å². The minimum Gasteiger partial charge on any atom is -0.507 e. The Kier molecular flexibility index (Phi) is 3.65. The molecular formula is C19H19ClN2O2. The predicted octanol–water partition coefficient (Wildman–Crippen LogP) is 4.57. The van der Waals surface area contributed by atoms with Crippen LogP contribution in [0.5, 0.6) is 11.5 Å². The lowest BCUT2D eigenvalue weighted by Gasteiger charge is -2.40. The first-order valence-corrected chi connectivity index (χ1v) is 8.52. The number of hydrazone groups is 1. The second-order valence-corrected chi connectivity index (χ2v) is 7.03. The monoisotopic (exact) mass is 342 g/mol. The Hall–Kier alpha value is -2.20. The Morgan fingerprint density at radius 3 is 2.79 bits per heavy atom. The number of hydrogen-bond donors (Lipinski definition) is 1. The number of aromatic hydroxyl groups is 1. The van der Waals surface area contributed by atoms with Crippen molar-refractivity contribution in [1.82, 2.24) is 5.01 Å². The van der Waals surface area contributed by atoms with Gasteiger partial charge in [0.15, 0.2) is 6.23 Å². The van der Waals surface area contributed by atoms with E-state index in [1.54, 1.807) is 6.07 Å². The van der Waals surface area contributed by atoms with E-state index >= 15 is 0 Å². The topological polar surface area (TPSA) is 45.1 Å². The van der Waals surface area contributed by atoms with Gasteiger partial charge in [-0.2, -0.15) is 5.10 Å². The first-order chi connectivity index (χ1) is 11.5. The summed E-state index contributed by atoms with van der Waals surface area (Å²) in [5.41, 5.74) is 2.70. The molecule has 5 heteroatoms. The van der Waals surface area contributed by atoms with Crippen LogP contribution >= 0.6 is 11.6 Å². The second kappa shape index (κ2) is 5.71. The minimum absolute atomic E-state index is 0.0782. The molecule has 0 spiro atoms. The fourth-order valence-electron chi connectivity index (χ4n) is 3.41. The highest BCUT2D eigenvalue weighted by molar-refractivity contribution is 6.30. The van der Waals surface area contributed by atoms with Crippen LogP contribution in [-0.4, -0.2) is 22.1 Å². The van der Waals surface area contributed by atoms with Gasteiger partial charge in [-0.3, -0.25) is 0 Å². The van der Waals surface area contributed by atoms with Gasteiger partial charge in [0, 0.05) is 28.5 Å². The number of hydrogen-bond acceptors (Lipinski definition) is 4. The largest absolute Gasteiger partial charge is 0.507 e. The lowest BCUT2D eigenvalue weighted by molar-refractivity contribution is -0.0461. The van der Waals surface area contributed by atoms with Gasteiger partial charge in [0.1, 0.15) is 11.5 Å². The van der Waals surface area contributed by atoms with Gasteiger partial charge in [-0.05, 0) is 30.3 Å². The highest BCUT2D eigenvalue weighted by Crippen LogP contribution is 2.45. The molecule has 4 rings (SSSR count). The van der Waals surface area contributed by atoms with Crippen LogP contribution in [0.3, 0.4) is 0 Å². The van der Waals surface area contributed by atoms with Gasteiger partial charge >= 0.3 is 0 Å². The summed E-state index contributed by atoms with van der Waals surface area (Å²) >= 11 is 6.19. The van der Waals surface area contributed by atoms with Crippen molar-refractivity contribution in [3.05, 3.63) is 58.6 Å². The van der Waals surface area contributed by atoms with Gasteiger partial charge in [-0.1, -0.05) is 37.6 Å². The molecule has 2 aromatic carbocycles. The number of para-hydroxylation sites is 1. The quantitative estimate of drug-likeness (QED) is 0.869. The minimum atomic E-state index is -0.132. The summed E-state index contributed by atoms with van der Waals surface area (Å²) < 4.78 is 6.17. The molecule has 24 heavy (non-hydrogen) atoms. The number of phenolic OH excluding ortho intramolecular Hbond substituents is 1. The van der Waals surface area contributed by atoms with E-state index in [1.165, 1.54) is 0 Å². The molecule has 0 saturated heterocycles. The summed E-state index contributed by atoms with van der Waals surface area (Å²) in [5.74, 6) is 1.40. The van der Waals surface area contributed by atoms with E-state index in [9.17, 15) is 5.11 Å². The maximum absolute atomic E-state index is 10.2. The van der Waals surface area contributed by atoms with Gasteiger partial charge in [-0.25, -0.2) is 5.01 Å². The molecule has 2 atom stereocenters. The molecule has 1 N–H and O–H groups in total. The van der Waals surface area contributed by atoms with Crippen molar-refractivity contribution in [3.8, 4) is 11.5 Å². The molecular weight excluding hydrogens is 324 g/mol. The first-order valence-electron chi connectivity index (χ1n) is 8.15. The number of nitrogens with zero attached hydrogens (tertiary/aromatic N) is 2. The van der Waals surface area contributed by atoms with Crippen molar-refractivity contribution < 1.29 is 9.84 Å². The molecule has 0 fully saturated rings. The van der Waals surface area contributed by atoms with E-state index < -0.39 is 0 Å². The van der Waals surface area contributed by atoms with Gasteiger partial charge in [-0.15, -0.1) is 0 Å². The first kappa shape index (κ1) is 15.3. The van der Waals surface area contributed by atoms with E-state index in [-0.39, 0.29) is 23.9 Å². The van der Waals surface area contributed by atoms with Crippen LogP contribution in [0.4, 0.5) is 0 Å². The lowest BCUT2D eigenvalue weighted by Crippen LogP contribution is -2.43. The third-order valence-corrected chi connectivity index (χ3v) is 4.80. The van der Waals surface area contributed by atoms with Crippen LogP contribution in [0.1, 0.15) is 37.4 Å². The van der Waals surface area contributed by atoms with Gasteiger partial charge in [0.05, 0.1) is 11.8 Å². The van der Waals surface area contributed by atoms with E-state index in [0.717, 1.165) is 29.0 Å². The molecule has 124 valence electrons. The normalized spacial score (nSPS) is 22.0. The van der Waals surface area contributed by atoms with Crippen LogP contribution in [-0.2, 0) is 0 Å². The standard InChI is InChI=1S/C19H19ClN2O2/c1-11(2)19-22-16(14-9-12(20)7-8-18(14)24-19)10-15(21-22)13-5-3-4-6-17(13)23/h3-9,11,16,19,23H,10H2,1-2H3/t16-,19+/m1/s1. The van der Waals surface area contributed by atoms with E-state index in [4.69, 9.17) is 21.4 Å². The third kappa shape index (κ3) is 2.42. The average Bonchev–Trinajstić information content (AvgIpc) is 2.99. The van der Waals surface area contributed by atoms with Gasteiger partial charge in [0.25, 0.3) is 0 Å². The van der Waals surface area contributed by atoms with Crippen LogP contribution in [0.25, 0.3) is 0 Å². The van der Waals surface area contributed by atoms with Crippen molar-refractivity contribution in [3.63, 3.8) is 0 Å². The van der Waals surface area contributed by atoms with E-state index in [1.807, 2.05) is 41.4 Å². The maximum Gasteiger partial charge on any atom is 0.190 e. The Balaban J connectivity index is 1.79. The molecule has 4 nitrogen and oxygen atoms in total. The Bertz CT molecular complexity index is 819. The molecule has 2 aliphatic rings. The SMILES string of the molecule is CC(C)[C@@H]1Oc2ccc(Cl)cc2[C@H]2CC(c3ccccc3O)=NN21. The number of fused-ring (bicyclic) bond motifs is 3. The number of ether oxygens (including phenoxy) is 1. The van der Waals surface area contributed by atoms with E-state index in [0.29, 0.717) is 5.02 Å². The molecule has 2 aromatic rings. The zero-order valence-corrected chi connectivity index (χ0v) is 14.4. The fourth-order valence-corrected chi connectivity index (χ4v) is 3.59. The summed E-state index contributed by atoms with van der Waals surface area (Å²) in [7, 11) is 0. The molecule has 0 radical (unpaired) electrons. The second-order valence-electron chi connectivity index (χ2n) is 6.60. The molecule has 0 aliphatic carbocycles. The molecule has 0 saturated carbocycles. The van der Waals surface area contributed by atoms with Crippen molar-refractivity contribution >= 4 is 17.3 Å². The highest BCUT2D eigenvalue weighted by atomic mass is 35.5. The molecule has 2 aliphatic heterocycles. The third-order valence-electron chi connectivity index (χ3n) is 4.57. The lowest BCUT2D eigenvalue weighted by atomic mass is 9.95. The van der Waals surface area contributed by atoms with E-state index in [2.05, 4.69) is 13.8 Å². The Labute approximate surface area is 146 Å². The van der Waals surface area contributed by atoms with Crippen LogP contribution in [0.15, 0.2) is 47.6 Å². The summed E-state index contributed by atoms with van der Waals surface area (Å²) in [6.07, 6.45) is 0.587. The summed E-state index contributed by atoms with van der Waals surface area (Å²) in [4.78, 5) is 0. The Morgan fingerprint density at radius 2 is 2.04 bits per heavy atom. The zero-order valence-electron chi connectivity index (χ0n) is 13.6. The number of phenols is 1. The zero-order chi connectivity index (χ0) is 16.8. The van der Waals surface area contributed by atoms with Crippen LogP contribution in [0, 0.1) is 5.92 Å². The van der Waals surface area contributed by atoms with Crippen LogP contribution in [0.2, 0.25) is 5.02 Å². The Morgan fingerprint density at radius 1 is 1.25 bits per heavy atom. The van der Waals surface area contributed by atoms with Crippen molar-refractivity contribution in [2.24, 2.45) is 11.0 Å². The molecule has 0 aromatic heterocycles. The molecule has 0 bridgehead atoms. The molecule has 2 heterocycles. The fraction of sp³-hybridized carbons (Fsp3) is 0.316. The maximum atomic E-state index is 10.2. The molecule has 0 amide bonds. The summed E-state index contributed by atoms with van der Waals surface area (Å²) in [6.45, 7) is 4.24. The van der Waals surface area contributed by atoms with Crippen LogP contribution < -0.4 is 4.74 Å².